The van der Waals surface area contributed by atoms with Gasteiger partial charge in [-0.2, -0.15) is 0 Å². The molecule has 2 nitrogen and oxygen atoms in total. The highest BCUT2D eigenvalue weighted by molar-refractivity contribution is 5.48. The fourth-order valence-corrected chi connectivity index (χ4v) is 1.80. The number of anilines is 1. The van der Waals surface area contributed by atoms with Gasteiger partial charge in [0.1, 0.15) is 0 Å². The Morgan fingerprint density at radius 2 is 1.94 bits per heavy atom. The number of nitrogens with one attached hydrogen (secondary N) is 1. The Kier molecular flexibility index (Phi) is 5.33. The Balaban J connectivity index is 2.40. The molecule has 0 radical (unpaired) electrons. The zero-order valence-electron chi connectivity index (χ0n) is 10.7. The topological polar surface area (TPSA) is 38.0 Å². The molecule has 0 unspecified atom stereocenters. The lowest BCUT2D eigenvalue weighted by Gasteiger charge is -2.13. The molecular weight excluding hydrogens is 196 g/mol. The Hall–Kier alpha value is -1.02. The van der Waals surface area contributed by atoms with Crippen LogP contribution in [-0.2, 0) is 6.54 Å². The molecule has 0 spiro atoms. The predicted octanol–water partition coefficient (Wildman–Crippen LogP) is 3.10. The van der Waals surface area contributed by atoms with Crippen LogP contribution < -0.4 is 11.1 Å². The van der Waals surface area contributed by atoms with Gasteiger partial charge in [0.2, 0.25) is 0 Å². The average Bonchev–Trinajstić information content (AvgIpc) is 2.29. The summed E-state index contributed by atoms with van der Waals surface area (Å²) in [6.07, 6.45) is 2.50. The lowest BCUT2D eigenvalue weighted by atomic mass is 10.0. The summed E-state index contributed by atoms with van der Waals surface area (Å²) in [4.78, 5) is 0. The highest BCUT2D eigenvalue weighted by Crippen LogP contribution is 2.13. The van der Waals surface area contributed by atoms with Crippen LogP contribution in [0.2, 0.25) is 0 Å². The van der Waals surface area contributed by atoms with E-state index in [1.54, 1.807) is 0 Å². The Morgan fingerprint density at radius 3 is 2.50 bits per heavy atom. The number of rotatable bonds is 6. The van der Waals surface area contributed by atoms with Crippen molar-refractivity contribution in [1.29, 1.82) is 0 Å². The van der Waals surface area contributed by atoms with Gasteiger partial charge >= 0.3 is 0 Å². The van der Waals surface area contributed by atoms with E-state index < -0.39 is 0 Å². The molecule has 1 aromatic carbocycles. The standard InChI is InChI=1S/C14H24N2/c1-4-12(5-2)9-16-10-13-7-6-11(3)14(15)8-13/h6-8,12,16H,4-5,9-10,15H2,1-3H3. The molecule has 0 saturated heterocycles. The summed E-state index contributed by atoms with van der Waals surface area (Å²) in [6.45, 7) is 8.55. The Labute approximate surface area is 99.2 Å². The first-order chi connectivity index (χ1) is 7.67. The maximum atomic E-state index is 5.88. The van der Waals surface area contributed by atoms with Crippen LogP contribution in [0.1, 0.15) is 37.8 Å². The summed E-state index contributed by atoms with van der Waals surface area (Å²) in [5, 5.41) is 3.49. The van der Waals surface area contributed by atoms with Crippen molar-refractivity contribution in [2.24, 2.45) is 5.92 Å². The van der Waals surface area contributed by atoms with Gasteiger partial charge in [-0.15, -0.1) is 0 Å². The normalized spacial score (nSPS) is 11.0. The summed E-state index contributed by atoms with van der Waals surface area (Å²) in [5.41, 5.74) is 9.20. The van der Waals surface area contributed by atoms with Crippen molar-refractivity contribution < 1.29 is 0 Å². The van der Waals surface area contributed by atoms with E-state index in [-0.39, 0.29) is 0 Å². The quantitative estimate of drug-likeness (QED) is 0.723. The van der Waals surface area contributed by atoms with Crippen molar-refractivity contribution in [2.75, 3.05) is 12.3 Å². The minimum Gasteiger partial charge on any atom is -0.399 e. The van der Waals surface area contributed by atoms with Gasteiger partial charge in [-0.1, -0.05) is 38.8 Å². The van der Waals surface area contributed by atoms with E-state index in [2.05, 4.69) is 37.4 Å². The number of hydrogen-bond acceptors (Lipinski definition) is 2. The van der Waals surface area contributed by atoms with E-state index in [4.69, 9.17) is 5.73 Å². The van der Waals surface area contributed by atoms with Crippen LogP contribution in [0.3, 0.4) is 0 Å². The third-order valence-corrected chi connectivity index (χ3v) is 3.26. The molecule has 2 heteroatoms. The zero-order chi connectivity index (χ0) is 12.0. The monoisotopic (exact) mass is 220 g/mol. The number of nitrogens with two attached hydrogens (primary N) is 1. The van der Waals surface area contributed by atoms with Gasteiger partial charge in [-0.3, -0.25) is 0 Å². The summed E-state index contributed by atoms with van der Waals surface area (Å²) in [6, 6.07) is 6.30. The number of benzene rings is 1. The first-order valence-corrected chi connectivity index (χ1v) is 6.23. The van der Waals surface area contributed by atoms with E-state index >= 15 is 0 Å². The average molecular weight is 220 g/mol. The van der Waals surface area contributed by atoms with Crippen molar-refractivity contribution in [3.63, 3.8) is 0 Å². The number of nitrogen functional groups attached to an aromatic ring is 1. The van der Waals surface area contributed by atoms with Crippen LogP contribution in [0.4, 0.5) is 5.69 Å². The fourth-order valence-electron chi connectivity index (χ4n) is 1.80. The summed E-state index contributed by atoms with van der Waals surface area (Å²) in [7, 11) is 0. The molecule has 0 aromatic heterocycles. The van der Waals surface area contributed by atoms with Crippen molar-refractivity contribution in [3.05, 3.63) is 29.3 Å². The molecule has 0 fully saturated rings. The second kappa shape index (κ2) is 6.54. The molecule has 0 heterocycles. The highest BCUT2D eigenvalue weighted by Gasteiger charge is 2.02. The van der Waals surface area contributed by atoms with Crippen LogP contribution in [0.25, 0.3) is 0 Å². The van der Waals surface area contributed by atoms with Gasteiger partial charge in [0.25, 0.3) is 0 Å². The van der Waals surface area contributed by atoms with Gasteiger partial charge in [0, 0.05) is 12.2 Å². The lowest BCUT2D eigenvalue weighted by Crippen LogP contribution is -2.21. The second-order valence-corrected chi connectivity index (χ2v) is 4.50. The maximum absolute atomic E-state index is 5.88. The van der Waals surface area contributed by atoms with Crippen molar-refractivity contribution >= 4 is 5.69 Å². The van der Waals surface area contributed by atoms with Gasteiger partial charge in [-0.05, 0) is 36.6 Å². The summed E-state index contributed by atoms with van der Waals surface area (Å²) < 4.78 is 0. The second-order valence-electron chi connectivity index (χ2n) is 4.50. The van der Waals surface area contributed by atoms with Crippen LogP contribution >= 0.6 is 0 Å². The summed E-state index contributed by atoms with van der Waals surface area (Å²) >= 11 is 0. The first kappa shape index (κ1) is 13.0. The smallest absolute Gasteiger partial charge is 0.0346 e. The number of aryl methyl sites for hydroxylation is 1. The van der Waals surface area contributed by atoms with Gasteiger partial charge < -0.3 is 11.1 Å². The molecular formula is C14H24N2. The minimum absolute atomic E-state index is 0.794. The molecule has 0 aliphatic carbocycles. The first-order valence-electron chi connectivity index (χ1n) is 6.23. The van der Waals surface area contributed by atoms with Crippen molar-refractivity contribution in [3.8, 4) is 0 Å². The van der Waals surface area contributed by atoms with E-state index in [1.807, 2.05) is 6.92 Å². The maximum Gasteiger partial charge on any atom is 0.0346 e. The third kappa shape index (κ3) is 3.86. The van der Waals surface area contributed by atoms with Crippen LogP contribution in [-0.4, -0.2) is 6.54 Å². The van der Waals surface area contributed by atoms with Crippen molar-refractivity contribution in [1.82, 2.24) is 5.32 Å². The Morgan fingerprint density at radius 1 is 1.25 bits per heavy atom. The predicted molar refractivity (Wildman–Crippen MR) is 71.4 cm³/mol. The Bertz CT molecular complexity index is 317. The van der Waals surface area contributed by atoms with Crippen LogP contribution in [0, 0.1) is 12.8 Å². The molecule has 1 rings (SSSR count). The third-order valence-electron chi connectivity index (χ3n) is 3.26. The molecule has 1 aromatic rings. The lowest BCUT2D eigenvalue weighted by molar-refractivity contribution is 0.449. The van der Waals surface area contributed by atoms with Crippen LogP contribution in [0.15, 0.2) is 18.2 Å². The van der Waals surface area contributed by atoms with Gasteiger partial charge in [0.15, 0.2) is 0 Å². The van der Waals surface area contributed by atoms with E-state index in [0.717, 1.165) is 30.3 Å². The molecule has 3 N–H and O–H groups in total. The van der Waals surface area contributed by atoms with E-state index in [0.29, 0.717) is 0 Å². The van der Waals surface area contributed by atoms with Crippen molar-refractivity contribution in [2.45, 2.75) is 40.2 Å². The molecule has 0 amide bonds. The van der Waals surface area contributed by atoms with Gasteiger partial charge in [0.05, 0.1) is 0 Å². The highest BCUT2D eigenvalue weighted by atomic mass is 14.9. The molecule has 16 heavy (non-hydrogen) atoms. The fraction of sp³-hybridized carbons (Fsp3) is 0.571. The zero-order valence-corrected chi connectivity index (χ0v) is 10.7. The minimum atomic E-state index is 0.794. The molecule has 90 valence electrons. The molecule has 0 bridgehead atoms. The number of hydrogen-bond donors (Lipinski definition) is 2. The summed E-state index contributed by atoms with van der Waals surface area (Å²) in [5.74, 6) is 0.794. The molecule has 0 saturated carbocycles. The molecule has 0 atom stereocenters. The van der Waals surface area contributed by atoms with E-state index in [9.17, 15) is 0 Å². The van der Waals surface area contributed by atoms with E-state index in [1.165, 1.54) is 18.4 Å². The molecule has 0 aliphatic rings. The molecule has 0 aliphatic heterocycles. The van der Waals surface area contributed by atoms with Gasteiger partial charge in [-0.25, -0.2) is 0 Å². The SMILES string of the molecule is CCC(CC)CNCc1ccc(C)c(N)c1. The van der Waals surface area contributed by atoms with Crippen LogP contribution in [0.5, 0.6) is 0 Å². The largest absolute Gasteiger partial charge is 0.399 e.